The van der Waals surface area contributed by atoms with Crippen LogP contribution in [0.4, 0.5) is 0 Å². The number of nitrogens with zero attached hydrogens (tertiary/aromatic N) is 1. The Morgan fingerprint density at radius 3 is 2.38 bits per heavy atom. The van der Waals surface area contributed by atoms with Gasteiger partial charge < -0.3 is 5.73 Å². The van der Waals surface area contributed by atoms with Gasteiger partial charge in [-0.05, 0) is 12.8 Å². The summed E-state index contributed by atoms with van der Waals surface area (Å²) in [4.78, 5) is 4.32. The number of aromatic nitrogens is 1. The molecule has 1 heterocycles. The second kappa shape index (κ2) is 4.72. The van der Waals surface area contributed by atoms with Gasteiger partial charge in [0.05, 0.1) is 5.54 Å². The first kappa shape index (κ1) is 10.7. The molecule has 0 aliphatic rings. The molecule has 1 aromatic heterocycles. The third kappa shape index (κ3) is 2.51. The molecule has 0 radical (unpaired) electrons. The van der Waals surface area contributed by atoms with Crippen molar-refractivity contribution in [3.63, 3.8) is 0 Å². The van der Waals surface area contributed by atoms with Gasteiger partial charge >= 0.3 is 0 Å². The fourth-order valence-corrected chi connectivity index (χ4v) is 2.51. The molecule has 0 amide bonds. The highest BCUT2D eigenvalue weighted by molar-refractivity contribution is 7.09. The van der Waals surface area contributed by atoms with E-state index in [1.165, 1.54) is 0 Å². The van der Waals surface area contributed by atoms with Crippen molar-refractivity contribution in [2.24, 2.45) is 5.73 Å². The predicted molar refractivity (Wildman–Crippen MR) is 57.8 cm³/mol. The number of hydrogen-bond acceptors (Lipinski definition) is 3. The van der Waals surface area contributed by atoms with Crippen molar-refractivity contribution in [2.45, 2.75) is 45.1 Å². The van der Waals surface area contributed by atoms with Gasteiger partial charge in [0.1, 0.15) is 5.01 Å². The lowest BCUT2D eigenvalue weighted by molar-refractivity contribution is 0.368. The normalized spacial score (nSPS) is 11.9. The summed E-state index contributed by atoms with van der Waals surface area (Å²) in [6, 6.07) is 0. The van der Waals surface area contributed by atoms with E-state index in [9.17, 15) is 0 Å². The zero-order chi connectivity index (χ0) is 9.73. The van der Waals surface area contributed by atoms with E-state index in [-0.39, 0.29) is 5.54 Å². The second-order valence-electron chi connectivity index (χ2n) is 3.49. The first-order valence-corrected chi connectivity index (χ1v) is 5.79. The highest BCUT2D eigenvalue weighted by Gasteiger charge is 2.27. The lowest BCUT2D eigenvalue weighted by Gasteiger charge is -2.26. The van der Waals surface area contributed by atoms with Gasteiger partial charge in [-0.25, -0.2) is 4.98 Å². The summed E-state index contributed by atoms with van der Waals surface area (Å²) in [5.41, 5.74) is 6.16. The van der Waals surface area contributed by atoms with Gasteiger partial charge in [-0.15, -0.1) is 11.3 Å². The van der Waals surface area contributed by atoms with E-state index in [1.807, 2.05) is 11.6 Å². The third-order valence-electron chi connectivity index (χ3n) is 2.25. The molecule has 74 valence electrons. The Bertz CT molecular complexity index is 225. The van der Waals surface area contributed by atoms with Crippen LogP contribution in [-0.4, -0.2) is 4.98 Å². The Morgan fingerprint density at radius 2 is 2.00 bits per heavy atom. The standard InChI is InChI=1S/C10H18N2S/c1-3-5-10(11,6-4-2)9-12-7-8-13-9/h7-8H,3-6,11H2,1-2H3. The molecule has 2 N–H and O–H groups in total. The fraction of sp³-hybridized carbons (Fsp3) is 0.700. The minimum Gasteiger partial charge on any atom is -0.319 e. The molecule has 0 atom stereocenters. The summed E-state index contributed by atoms with van der Waals surface area (Å²) in [6.07, 6.45) is 6.15. The van der Waals surface area contributed by atoms with Gasteiger partial charge in [-0.3, -0.25) is 0 Å². The van der Waals surface area contributed by atoms with E-state index >= 15 is 0 Å². The first-order valence-electron chi connectivity index (χ1n) is 4.91. The monoisotopic (exact) mass is 198 g/mol. The van der Waals surface area contributed by atoms with Crippen molar-refractivity contribution >= 4 is 11.3 Å². The Kier molecular flexibility index (Phi) is 3.88. The largest absolute Gasteiger partial charge is 0.319 e. The van der Waals surface area contributed by atoms with Crippen molar-refractivity contribution in [2.75, 3.05) is 0 Å². The topological polar surface area (TPSA) is 38.9 Å². The van der Waals surface area contributed by atoms with E-state index < -0.39 is 0 Å². The molecule has 0 aromatic carbocycles. The maximum absolute atomic E-state index is 6.33. The molecule has 1 aromatic rings. The zero-order valence-corrected chi connectivity index (χ0v) is 9.23. The Morgan fingerprint density at radius 1 is 1.38 bits per heavy atom. The van der Waals surface area contributed by atoms with Crippen LogP contribution in [0.15, 0.2) is 11.6 Å². The van der Waals surface area contributed by atoms with Gasteiger partial charge in [0.15, 0.2) is 0 Å². The van der Waals surface area contributed by atoms with Gasteiger partial charge in [-0.1, -0.05) is 26.7 Å². The molecular weight excluding hydrogens is 180 g/mol. The summed E-state index contributed by atoms with van der Waals surface area (Å²) in [6.45, 7) is 4.34. The minimum atomic E-state index is -0.169. The van der Waals surface area contributed by atoms with Crippen molar-refractivity contribution in [1.82, 2.24) is 4.98 Å². The van der Waals surface area contributed by atoms with Crippen LogP contribution >= 0.6 is 11.3 Å². The van der Waals surface area contributed by atoms with Crippen LogP contribution in [0.25, 0.3) is 0 Å². The zero-order valence-electron chi connectivity index (χ0n) is 8.42. The molecule has 0 fully saturated rings. The van der Waals surface area contributed by atoms with Gasteiger partial charge in [-0.2, -0.15) is 0 Å². The van der Waals surface area contributed by atoms with Gasteiger partial charge in [0, 0.05) is 11.6 Å². The molecule has 0 unspecified atom stereocenters. The van der Waals surface area contributed by atoms with Crippen molar-refractivity contribution < 1.29 is 0 Å². The second-order valence-corrected chi connectivity index (χ2v) is 4.39. The SMILES string of the molecule is CCCC(N)(CCC)c1nccs1. The predicted octanol–water partition coefficient (Wildman–Crippen LogP) is 2.90. The molecule has 1 rings (SSSR count). The van der Waals surface area contributed by atoms with Crippen LogP contribution in [0, 0.1) is 0 Å². The van der Waals surface area contributed by atoms with Gasteiger partial charge in [0.2, 0.25) is 0 Å². The summed E-state index contributed by atoms with van der Waals surface area (Å²) in [7, 11) is 0. The smallest absolute Gasteiger partial charge is 0.112 e. The molecule has 0 spiro atoms. The summed E-state index contributed by atoms with van der Waals surface area (Å²) >= 11 is 1.67. The quantitative estimate of drug-likeness (QED) is 0.790. The Hall–Kier alpha value is -0.410. The average molecular weight is 198 g/mol. The van der Waals surface area contributed by atoms with Crippen LogP contribution in [0.2, 0.25) is 0 Å². The molecule has 0 saturated heterocycles. The van der Waals surface area contributed by atoms with E-state index in [2.05, 4.69) is 18.8 Å². The van der Waals surface area contributed by atoms with Crippen molar-refractivity contribution in [1.29, 1.82) is 0 Å². The lowest BCUT2D eigenvalue weighted by atomic mass is 9.90. The molecule has 0 aliphatic carbocycles. The highest BCUT2D eigenvalue weighted by atomic mass is 32.1. The number of thiazole rings is 1. The lowest BCUT2D eigenvalue weighted by Crippen LogP contribution is -2.36. The van der Waals surface area contributed by atoms with Crippen LogP contribution in [0.3, 0.4) is 0 Å². The van der Waals surface area contributed by atoms with Crippen molar-refractivity contribution in [3.05, 3.63) is 16.6 Å². The summed E-state index contributed by atoms with van der Waals surface area (Å²) < 4.78 is 0. The maximum atomic E-state index is 6.33. The summed E-state index contributed by atoms with van der Waals surface area (Å²) in [5, 5.41) is 3.10. The van der Waals surface area contributed by atoms with Crippen LogP contribution in [0.1, 0.15) is 44.5 Å². The Balaban J connectivity index is 2.78. The highest BCUT2D eigenvalue weighted by Crippen LogP contribution is 2.29. The molecular formula is C10H18N2S. The van der Waals surface area contributed by atoms with E-state index in [0.29, 0.717) is 0 Å². The third-order valence-corrected chi connectivity index (χ3v) is 3.24. The first-order chi connectivity index (χ1) is 6.23. The molecule has 0 saturated carbocycles. The Labute approximate surface area is 84.2 Å². The number of rotatable bonds is 5. The van der Waals surface area contributed by atoms with Gasteiger partial charge in [0.25, 0.3) is 0 Å². The fourth-order valence-electron chi connectivity index (χ4n) is 1.70. The molecule has 0 aliphatic heterocycles. The summed E-state index contributed by atoms with van der Waals surface area (Å²) in [5.74, 6) is 0. The van der Waals surface area contributed by atoms with Crippen LogP contribution in [0.5, 0.6) is 0 Å². The average Bonchev–Trinajstić information content (AvgIpc) is 2.57. The number of hydrogen-bond donors (Lipinski definition) is 1. The minimum absolute atomic E-state index is 0.169. The van der Waals surface area contributed by atoms with E-state index in [0.717, 1.165) is 30.7 Å². The maximum Gasteiger partial charge on any atom is 0.112 e. The molecule has 13 heavy (non-hydrogen) atoms. The van der Waals surface area contributed by atoms with Crippen molar-refractivity contribution in [3.8, 4) is 0 Å². The van der Waals surface area contributed by atoms with E-state index in [1.54, 1.807) is 11.3 Å². The molecule has 2 nitrogen and oxygen atoms in total. The molecule has 3 heteroatoms. The van der Waals surface area contributed by atoms with E-state index in [4.69, 9.17) is 5.73 Å². The number of nitrogens with two attached hydrogens (primary N) is 1. The van der Waals surface area contributed by atoms with Crippen LogP contribution in [-0.2, 0) is 5.54 Å². The molecule has 0 bridgehead atoms. The van der Waals surface area contributed by atoms with Crippen LogP contribution < -0.4 is 5.73 Å².